The van der Waals surface area contributed by atoms with Crippen molar-refractivity contribution in [3.8, 4) is 5.75 Å². The van der Waals surface area contributed by atoms with Gasteiger partial charge in [-0.1, -0.05) is 19.3 Å². The fourth-order valence-electron chi connectivity index (χ4n) is 2.60. The van der Waals surface area contributed by atoms with E-state index in [4.69, 9.17) is 11.1 Å². The van der Waals surface area contributed by atoms with Gasteiger partial charge in [0.25, 0.3) is 0 Å². The Labute approximate surface area is 95.8 Å². The summed E-state index contributed by atoms with van der Waals surface area (Å²) in [5.41, 5.74) is 8.17. The van der Waals surface area contributed by atoms with Gasteiger partial charge in [-0.05, 0) is 30.4 Å². The maximum Gasteiger partial charge on any atom is 0.117 e. The highest BCUT2D eigenvalue weighted by Gasteiger charge is 2.19. The van der Waals surface area contributed by atoms with Crippen LogP contribution in [0.25, 0.3) is 0 Å². The second kappa shape index (κ2) is 4.56. The first kappa shape index (κ1) is 11.0. The molecule has 3 heteroatoms. The number of nitrogens with two attached hydrogens (primary N) is 1. The van der Waals surface area contributed by atoms with Gasteiger partial charge in [0.05, 0.1) is 0 Å². The highest BCUT2D eigenvalue weighted by molar-refractivity contribution is 5.88. The van der Waals surface area contributed by atoms with E-state index in [1.165, 1.54) is 31.5 Å². The summed E-state index contributed by atoms with van der Waals surface area (Å²) in [5, 5.41) is 17.0. The Morgan fingerprint density at radius 2 is 1.94 bits per heavy atom. The van der Waals surface area contributed by atoms with Gasteiger partial charge in [0, 0.05) is 23.5 Å². The van der Waals surface area contributed by atoms with Crippen molar-refractivity contribution in [1.29, 1.82) is 5.41 Å². The zero-order valence-corrected chi connectivity index (χ0v) is 9.37. The van der Waals surface area contributed by atoms with E-state index in [1.807, 2.05) is 0 Å². The van der Waals surface area contributed by atoms with Crippen LogP contribution in [0.2, 0.25) is 0 Å². The first-order valence-corrected chi connectivity index (χ1v) is 5.85. The van der Waals surface area contributed by atoms with Crippen molar-refractivity contribution in [2.75, 3.05) is 5.73 Å². The lowest BCUT2D eigenvalue weighted by molar-refractivity contribution is 0.438. The average molecular weight is 218 g/mol. The molecule has 1 saturated carbocycles. The van der Waals surface area contributed by atoms with Crippen LogP contribution in [0.3, 0.4) is 0 Å². The standard InChI is InChI=1S/C13H18N2O/c14-8-12-11(6-10(16)7-13(12)15)9-4-2-1-3-5-9/h6-9,14,16H,1-5,15H2. The highest BCUT2D eigenvalue weighted by atomic mass is 16.3. The number of benzene rings is 1. The number of hydrogen-bond donors (Lipinski definition) is 3. The molecule has 0 saturated heterocycles. The van der Waals surface area contributed by atoms with E-state index in [-0.39, 0.29) is 5.75 Å². The van der Waals surface area contributed by atoms with Crippen molar-refractivity contribution in [2.24, 2.45) is 0 Å². The molecule has 86 valence electrons. The number of anilines is 1. The van der Waals surface area contributed by atoms with Gasteiger partial charge in [0.1, 0.15) is 5.75 Å². The van der Waals surface area contributed by atoms with Crippen LogP contribution in [0.15, 0.2) is 12.1 Å². The lowest BCUT2D eigenvalue weighted by atomic mass is 9.82. The Bertz CT molecular complexity index is 395. The van der Waals surface area contributed by atoms with Gasteiger partial charge >= 0.3 is 0 Å². The third-order valence-electron chi connectivity index (χ3n) is 3.42. The number of phenolic OH excluding ortho intramolecular Hbond substituents is 1. The molecule has 3 nitrogen and oxygen atoms in total. The Kier molecular flexibility index (Phi) is 3.13. The summed E-state index contributed by atoms with van der Waals surface area (Å²) in [7, 11) is 0. The van der Waals surface area contributed by atoms with E-state index in [9.17, 15) is 5.11 Å². The maximum absolute atomic E-state index is 9.59. The largest absolute Gasteiger partial charge is 0.508 e. The quantitative estimate of drug-likeness (QED) is 0.527. The molecule has 0 unspecified atom stereocenters. The fraction of sp³-hybridized carbons (Fsp3) is 0.462. The van der Waals surface area contributed by atoms with Gasteiger partial charge in [-0.3, -0.25) is 0 Å². The van der Waals surface area contributed by atoms with Gasteiger partial charge in [-0.15, -0.1) is 0 Å². The van der Waals surface area contributed by atoms with Crippen molar-refractivity contribution in [3.63, 3.8) is 0 Å². The van der Waals surface area contributed by atoms with Crippen molar-refractivity contribution in [3.05, 3.63) is 23.3 Å². The van der Waals surface area contributed by atoms with Crippen molar-refractivity contribution < 1.29 is 5.11 Å². The molecule has 4 N–H and O–H groups in total. The Hall–Kier alpha value is -1.51. The lowest BCUT2D eigenvalue weighted by Gasteiger charge is -2.24. The van der Waals surface area contributed by atoms with Crippen molar-refractivity contribution in [1.82, 2.24) is 0 Å². The second-order valence-corrected chi connectivity index (χ2v) is 4.52. The van der Waals surface area contributed by atoms with Gasteiger partial charge in [-0.25, -0.2) is 0 Å². The topological polar surface area (TPSA) is 70.1 Å². The summed E-state index contributed by atoms with van der Waals surface area (Å²) < 4.78 is 0. The molecule has 1 aliphatic rings. The normalized spacial score (nSPS) is 17.2. The summed E-state index contributed by atoms with van der Waals surface area (Å²) >= 11 is 0. The first-order valence-electron chi connectivity index (χ1n) is 5.85. The summed E-state index contributed by atoms with van der Waals surface area (Å²) in [6, 6.07) is 3.29. The Morgan fingerprint density at radius 3 is 2.56 bits per heavy atom. The Balaban J connectivity index is 2.40. The molecular weight excluding hydrogens is 200 g/mol. The van der Waals surface area contributed by atoms with Crippen LogP contribution in [0.1, 0.15) is 49.1 Å². The van der Waals surface area contributed by atoms with Crippen LogP contribution in [0, 0.1) is 5.41 Å². The summed E-state index contributed by atoms with van der Waals surface area (Å²) in [6.45, 7) is 0. The molecule has 0 aromatic heterocycles. The van der Waals surface area contributed by atoms with E-state index in [0.717, 1.165) is 24.0 Å². The SMILES string of the molecule is N=Cc1c(N)cc(O)cc1C1CCCCC1. The van der Waals surface area contributed by atoms with E-state index in [0.29, 0.717) is 11.6 Å². The van der Waals surface area contributed by atoms with Gasteiger partial charge in [-0.2, -0.15) is 0 Å². The van der Waals surface area contributed by atoms with Crippen LogP contribution in [0.4, 0.5) is 5.69 Å². The van der Waals surface area contributed by atoms with E-state index >= 15 is 0 Å². The van der Waals surface area contributed by atoms with Crippen molar-refractivity contribution in [2.45, 2.75) is 38.0 Å². The molecule has 1 aliphatic carbocycles. The zero-order valence-electron chi connectivity index (χ0n) is 9.37. The summed E-state index contributed by atoms with van der Waals surface area (Å²) in [4.78, 5) is 0. The molecule has 1 fully saturated rings. The number of hydrogen-bond acceptors (Lipinski definition) is 3. The van der Waals surface area contributed by atoms with Crippen LogP contribution < -0.4 is 5.73 Å². The molecule has 0 spiro atoms. The predicted molar refractivity (Wildman–Crippen MR) is 66.2 cm³/mol. The molecule has 0 radical (unpaired) electrons. The molecule has 1 aromatic rings. The third kappa shape index (κ3) is 2.03. The van der Waals surface area contributed by atoms with E-state index in [2.05, 4.69) is 0 Å². The molecule has 0 amide bonds. The monoisotopic (exact) mass is 218 g/mol. The molecular formula is C13H18N2O. The predicted octanol–water partition coefficient (Wildman–Crippen LogP) is 3.02. The minimum Gasteiger partial charge on any atom is -0.508 e. The van der Waals surface area contributed by atoms with Gasteiger partial charge in [0.2, 0.25) is 0 Å². The number of nitrogen functional groups attached to an aromatic ring is 1. The molecule has 0 bridgehead atoms. The molecule has 1 aromatic carbocycles. The van der Waals surface area contributed by atoms with E-state index < -0.39 is 0 Å². The van der Waals surface area contributed by atoms with Crippen molar-refractivity contribution >= 4 is 11.9 Å². The molecule has 0 atom stereocenters. The number of phenols is 1. The smallest absolute Gasteiger partial charge is 0.117 e. The highest BCUT2D eigenvalue weighted by Crippen LogP contribution is 2.37. The van der Waals surface area contributed by atoms with Gasteiger partial charge in [0.15, 0.2) is 0 Å². The molecule has 16 heavy (non-hydrogen) atoms. The third-order valence-corrected chi connectivity index (χ3v) is 3.42. The van der Waals surface area contributed by atoms with Crippen LogP contribution in [-0.4, -0.2) is 11.3 Å². The lowest BCUT2D eigenvalue weighted by Crippen LogP contribution is -2.09. The first-order chi connectivity index (χ1) is 7.72. The molecule has 2 rings (SSSR count). The number of nitrogens with one attached hydrogen (secondary N) is 1. The zero-order chi connectivity index (χ0) is 11.5. The Morgan fingerprint density at radius 1 is 1.25 bits per heavy atom. The number of aromatic hydroxyl groups is 1. The van der Waals surface area contributed by atoms with Crippen LogP contribution in [-0.2, 0) is 0 Å². The molecule has 0 heterocycles. The summed E-state index contributed by atoms with van der Waals surface area (Å²) in [5.74, 6) is 0.670. The summed E-state index contributed by atoms with van der Waals surface area (Å²) in [6.07, 6.45) is 7.35. The van der Waals surface area contributed by atoms with Crippen LogP contribution >= 0.6 is 0 Å². The van der Waals surface area contributed by atoms with E-state index in [1.54, 1.807) is 6.07 Å². The average Bonchev–Trinajstić information content (AvgIpc) is 2.29. The second-order valence-electron chi connectivity index (χ2n) is 4.52. The fourth-order valence-corrected chi connectivity index (χ4v) is 2.60. The minimum atomic E-state index is 0.212. The number of rotatable bonds is 2. The minimum absolute atomic E-state index is 0.212. The van der Waals surface area contributed by atoms with Gasteiger partial charge < -0.3 is 16.2 Å². The molecule has 0 aliphatic heterocycles. The van der Waals surface area contributed by atoms with Crippen LogP contribution in [0.5, 0.6) is 5.75 Å². The maximum atomic E-state index is 9.59.